The van der Waals surface area contributed by atoms with Crippen molar-refractivity contribution in [2.75, 3.05) is 19.6 Å². The van der Waals surface area contributed by atoms with E-state index in [0.717, 1.165) is 16.6 Å². The average molecular weight is 390 g/mol. The Bertz CT molecular complexity index is 1180. The molecule has 0 aliphatic carbocycles. The van der Waals surface area contributed by atoms with Gasteiger partial charge in [0.15, 0.2) is 5.76 Å². The van der Waals surface area contributed by atoms with Crippen LogP contribution in [0, 0.1) is 0 Å². The van der Waals surface area contributed by atoms with Crippen molar-refractivity contribution >= 4 is 28.8 Å². The van der Waals surface area contributed by atoms with Gasteiger partial charge in [-0.3, -0.25) is 14.5 Å². The minimum Gasteiger partial charge on any atom is -0.507 e. The van der Waals surface area contributed by atoms with Crippen LogP contribution in [0.5, 0.6) is 11.5 Å². The molecule has 1 saturated heterocycles. The number of nitrogens with one attached hydrogen (secondary N) is 2. The molecule has 29 heavy (non-hydrogen) atoms. The molecule has 0 unspecified atom stereocenters. The van der Waals surface area contributed by atoms with E-state index >= 15 is 0 Å². The topological polar surface area (TPSA) is 108 Å². The number of aromatic amines is 1. The maximum Gasteiger partial charge on any atom is 0.234 e. The summed E-state index contributed by atoms with van der Waals surface area (Å²) in [6.45, 7) is 1.77. The zero-order valence-corrected chi connectivity index (χ0v) is 15.4. The van der Waals surface area contributed by atoms with Crippen molar-refractivity contribution in [2.45, 2.75) is 6.54 Å². The molecule has 3 N–H and O–H groups in total. The fourth-order valence-electron chi connectivity index (χ4n) is 3.74. The number of amides is 1. The number of piperazine rings is 1. The van der Waals surface area contributed by atoms with Gasteiger partial charge in [0.05, 0.1) is 17.7 Å². The fourth-order valence-corrected chi connectivity index (χ4v) is 3.74. The highest BCUT2D eigenvalue weighted by Crippen LogP contribution is 2.40. The van der Waals surface area contributed by atoms with Gasteiger partial charge >= 0.3 is 0 Å². The van der Waals surface area contributed by atoms with E-state index in [1.54, 1.807) is 24.5 Å². The van der Waals surface area contributed by atoms with Gasteiger partial charge in [0.1, 0.15) is 17.1 Å². The lowest BCUT2D eigenvalue weighted by Gasteiger charge is -2.27. The number of aromatic nitrogens is 2. The quantitative estimate of drug-likeness (QED) is 0.589. The molecule has 2 aromatic heterocycles. The first-order valence-electron chi connectivity index (χ1n) is 9.30. The zero-order valence-electron chi connectivity index (χ0n) is 15.4. The van der Waals surface area contributed by atoms with Crippen LogP contribution in [0.25, 0.3) is 17.1 Å². The van der Waals surface area contributed by atoms with Gasteiger partial charge in [-0.15, -0.1) is 0 Å². The van der Waals surface area contributed by atoms with Gasteiger partial charge in [-0.2, -0.15) is 0 Å². The molecule has 8 nitrogen and oxygen atoms in total. The molecule has 5 rings (SSSR count). The van der Waals surface area contributed by atoms with E-state index in [0.29, 0.717) is 36.5 Å². The molecule has 1 amide bonds. The van der Waals surface area contributed by atoms with Crippen molar-refractivity contribution in [3.63, 3.8) is 0 Å². The molecular weight excluding hydrogens is 372 g/mol. The van der Waals surface area contributed by atoms with Crippen LogP contribution in [0.4, 0.5) is 0 Å². The molecule has 146 valence electrons. The largest absolute Gasteiger partial charge is 0.507 e. The molecule has 0 atom stereocenters. The number of phenolic OH excluding ortho intramolecular Hbond substituents is 1. The van der Waals surface area contributed by atoms with E-state index in [1.807, 2.05) is 17.0 Å². The summed E-state index contributed by atoms with van der Waals surface area (Å²) >= 11 is 0. The summed E-state index contributed by atoms with van der Waals surface area (Å²) in [5.74, 6) is 0.281. The summed E-state index contributed by atoms with van der Waals surface area (Å²) in [6, 6.07) is 6.81. The first-order chi connectivity index (χ1) is 14.1. The van der Waals surface area contributed by atoms with Crippen molar-refractivity contribution in [1.29, 1.82) is 0 Å². The highest BCUT2D eigenvalue weighted by Gasteiger charge is 2.32. The fraction of sp³-hybridized carbons (Fsp3) is 0.190. The number of phenols is 1. The second-order valence-corrected chi connectivity index (χ2v) is 7.08. The molecule has 1 aromatic carbocycles. The molecule has 0 saturated carbocycles. The third-order valence-corrected chi connectivity index (χ3v) is 5.19. The first kappa shape index (κ1) is 17.4. The van der Waals surface area contributed by atoms with Gasteiger partial charge in [0.2, 0.25) is 11.7 Å². The maximum absolute atomic E-state index is 12.9. The zero-order chi connectivity index (χ0) is 20.0. The van der Waals surface area contributed by atoms with Crippen LogP contribution in [-0.4, -0.2) is 51.3 Å². The third kappa shape index (κ3) is 3.03. The van der Waals surface area contributed by atoms with E-state index in [1.165, 1.54) is 6.07 Å². The predicted molar refractivity (Wildman–Crippen MR) is 105 cm³/mol. The van der Waals surface area contributed by atoms with E-state index in [2.05, 4.69) is 15.3 Å². The van der Waals surface area contributed by atoms with Gasteiger partial charge in [-0.05, 0) is 30.3 Å². The smallest absolute Gasteiger partial charge is 0.234 e. The van der Waals surface area contributed by atoms with Crippen molar-refractivity contribution < 1.29 is 19.4 Å². The Morgan fingerprint density at radius 3 is 3.03 bits per heavy atom. The van der Waals surface area contributed by atoms with Crippen molar-refractivity contribution in [2.24, 2.45) is 0 Å². The van der Waals surface area contributed by atoms with Crippen molar-refractivity contribution in [3.8, 4) is 11.5 Å². The Hall–Kier alpha value is -3.65. The molecular formula is C21H18N4O4. The number of Topliss-reactive ketones (excluding diaryl/α,β-unsaturated/α-hetero) is 1. The highest BCUT2D eigenvalue weighted by atomic mass is 16.5. The Labute approximate surface area is 165 Å². The lowest BCUT2D eigenvalue weighted by molar-refractivity contribution is -0.124. The molecule has 0 radical (unpaired) electrons. The number of ketones is 1. The lowest BCUT2D eigenvalue weighted by Crippen LogP contribution is -2.47. The Balaban J connectivity index is 1.49. The minimum absolute atomic E-state index is 0.0417. The Morgan fingerprint density at radius 2 is 2.17 bits per heavy atom. The summed E-state index contributed by atoms with van der Waals surface area (Å²) in [6.07, 6.45) is 5.14. The molecule has 4 heterocycles. The van der Waals surface area contributed by atoms with Crippen LogP contribution in [0.1, 0.15) is 21.5 Å². The second-order valence-electron chi connectivity index (χ2n) is 7.08. The molecule has 8 heteroatoms. The number of rotatable bonds is 3. The number of hydrogen-bond acceptors (Lipinski definition) is 6. The van der Waals surface area contributed by atoms with Gasteiger partial charge in [0, 0.05) is 43.0 Å². The number of carbonyl (C=O) groups excluding carboxylic acids is 2. The lowest BCUT2D eigenvalue weighted by atomic mass is 10.0. The molecule has 1 fully saturated rings. The van der Waals surface area contributed by atoms with Crippen LogP contribution in [0.2, 0.25) is 0 Å². The van der Waals surface area contributed by atoms with E-state index < -0.39 is 0 Å². The highest BCUT2D eigenvalue weighted by molar-refractivity contribution is 6.15. The van der Waals surface area contributed by atoms with Gasteiger partial charge < -0.3 is 20.1 Å². The number of H-pyrrole nitrogens is 1. The third-order valence-electron chi connectivity index (χ3n) is 5.19. The Kier molecular flexibility index (Phi) is 4.06. The van der Waals surface area contributed by atoms with Crippen LogP contribution >= 0.6 is 0 Å². The molecule has 2 aliphatic rings. The van der Waals surface area contributed by atoms with Crippen molar-refractivity contribution in [1.82, 2.24) is 20.2 Å². The minimum atomic E-state index is -0.240. The SMILES string of the molecule is O=C1CN(Cc2c(O)ccc3c2OC(=Cc2c[nH]c4ncccc24)C3=O)CCN1. The number of allylic oxidation sites excluding steroid dienone is 1. The van der Waals surface area contributed by atoms with Crippen molar-refractivity contribution in [3.05, 3.63) is 59.1 Å². The average Bonchev–Trinajstić information content (AvgIpc) is 3.26. The van der Waals surface area contributed by atoms with Gasteiger partial charge in [-0.25, -0.2) is 4.98 Å². The number of ether oxygens (including phenoxy) is 1. The number of carbonyl (C=O) groups is 2. The second kappa shape index (κ2) is 6.75. The number of benzene rings is 1. The monoisotopic (exact) mass is 390 g/mol. The predicted octanol–water partition coefficient (Wildman–Crippen LogP) is 1.82. The van der Waals surface area contributed by atoms with Crippen LogP contribution in [0.3, 0.4) is 0 Å². The van der Waals surface area contributed by atoms with Crippen LogP contribution in [0.15, 0.2) is 42.4 Å². The summed E-state index contributed by atoms with van der Waals surface area (Å²) in [4.78, 5) is 33.8. The summed E-state index contributed by atoms with van der Waals surface area (Å²) in [7, 11) is 0. The normalized spacial score (nSPS) is 18.1. The summed E-state index contributed by atoms with van der Waals surface area (Å²) in [5.41, 5.74) is 2.43. The van der Waals surface area contributed by atoms with Crippen LogP contribution in [-0.2, 0) is 11.3 Å². The number of nitrogens with zero attached hydrogens (tertiary/aromatic N) is 2. The van der Waals surface area contributed by atoms with E-state index in [-0.39, 0.29) is 29.7 Å². The number of fused-ring (bicyclic) bond motifs is 2. The van der Waals surface area contributed by atoms with E-state index in [9.17, 15) is 14.7 Å². The standard InChI is InChI=1S/C21H18N4O4/c26-16-4-3-14-19(28)17(8-12-9-24-21-13(12)2-1-5-23-21)29-20(14)15(16)10-25-7-6-22-18(27)11-25/h1-5,8-9,26H,6-7,10-11H2,(H,22,27)(H,23,24). The molecule has 0 bridgehead atoms. The Morgan fingerprint density at radius 1 is 1.28 bits per heavy atom. The number of hydrogen-bond donors (Lipinski definition) is 3. The van der Waals surface area contributed by atoms with Crippen LogP contribution < -0.4 is 10.1 Å². The number of pyridine rings is 1. The number of aromatic hydroxyl groups is 1. The van der Waals surface area contributed by atoms with Gasteiger partial charge in [-0.1, -0.05) is 0 Å². The molecule has 0 spiro atoms. The maximum atomic E-state index is 12.9. The molecule has 3 aromatic rings. The summed E-state index contributed by atoms with van der Waals surface area (Å²) < 4.78 is 5.91. The molecule has 2 aliphatic heterocycles. The van der Waals surface area contributed by atoms with E-state index in [4.69, 9.17) is 4.74 Å². The summed E-state index contributed by atoms with van der Waals surface area (Å²) in [5, 5.41) is 14.0. The first-order valence-corrected chi connectivity index (χ1v) is 9.30. The van der Waals surface area contributed by atoms with Gasteiger partial charge in [0.25, 0.3) is 0 Å².